The lowest BCUT2D eigenvalue weighted by molar-refractivity contribution is -0.111. The Hall–Kier alpha value is -2.69. The molecule has 1 N–H and O–H groups in total. The number of hydrogen-bond acceptors (Lipinski definition) is 2. The first kappa shape index (κ1) is 15.7. The summed E-state index contributed by atoms with van der Waals surface area (Å²) in [5.41, 5.74) is 0.878. The van der Waals surface area contributed by atoms with Gasteiger partial charge in [0, 0.05) is 17.8 Å². The fourth-order valence-electron chi connectivity index (χ4n) is 1.82. The Morgan fingerprint density at radius 2 is 1.77 bits per heavy atom. The van der Waals surface area contributed by atoms with E-state index in [0.717, 1.165) is 29.5 Å². The molecule has 2 aromatic rings. The van der Waals surface area contributed by atoms with E-state index in [1.54, 1.807) is 30.3 Å². The molecular formula is C17H15F2NO2. The summed E-state index contributed by atoms with van der Waals surface area (Å²) in [6, 6.07) is 10.0. The van der Waals surface area contributed by atoms with Crippen LogP contribution >= 0.6 is 0 Å². The first-order chi connectivity index (χ1) is 10.6. The summed E-state index contributed by atoms with van der Waals surface area (Å²) < 4.78 is 31.3. The van der Waals surface area contributed by atoms with Crippen LogP contribution < -0.4 is 10.1 Å². The lowest BCUT2D eigenvalue weighted by Crippen LogP contribution is -2.08. The minimum atomic E-state index is -0.745. The average Bonchev–Trinajstić information content (AvgIpc) is 2.46. The van der Waals surface area contributed by atoms with Crippen LogP contribution in [0.5, 0.6) is 5.75 Å². The molecule has 0 atom stereocenters. The Morgan fingerprint density at radius 3 is 2.36 bits per heavy atom. The molecule has 0 fully saturated rings. The largest absolute Gasteiger partial charge is 0.494 e. The molecule has 0 aliphatic rings. The van der Waals surface area contributed by atoms with Crippen LogP contribution in [0.3, 0.4) is 0 Å². The number of benzene rings is 2. The van der Waals surface area contributed by atoms with Gasteiger partial charge in [-0.25, -0.2) is 8.78 Å². The highest BCUT2D eigenvalue weighted by atomic mass is 19.1. The molecule has 1 amide bonds. The Kier molecular flexibility index (Phi) is 5.25. The summed E-state index contributed by atoms with van der Waals surface area (Å²) in [7, 11) is 0. The monoisotopic (exact) mass is 303 g/mol. The Balaban J connectivity index is 1.98. The fraction of sp³-hybridized carbons (Fsp3) is 0.118. The molecule has 2 aromatic carbocycles. The summed E-state index contributed by atoms with van der Waals surface area (Å²) in [5, 5.41) is 2.40. The number of carbonyl (C=O) groups is 1. The maximum atomic E-state index is 13.0. The molecule has 22 heavy (non-hydrogen) atoms. The van der Waals surface area contributed by atoms with E-state index >= 15 is 0 Å². The highest BCUT2D eigenvalue weighted by molar-refractivity contribution is 6.01. The van der Waals surface area contributed by atoms with Gasteiger partial charge < -0.3 is 10.1 Å². The van der Waals surface area contributed by atoms with Gasteiger partial charge in [0.1, 0.15) is 17.4 Å². The quantitative estimate of drug-likeness (QED) is 0.847. The second-order valence-electron chi connectivity index (χ2n) is 4.48. The molecule has 5 heteroatoms. The number of nitrogens with one attached hydrogen (secondary N) is 1. The number of rotatable bonds is 5. The van der Waals surface area contributed by atoms with Crippen LogP contribution in [0.15, 0.2) is 48.5 Å². The van der Waals surface area contributed by atoms with E-state index in [4.69, 9.17) is 4.74 Å². The van der Waals surface area contributed by atoms with Gasteiger partial charge in [0.15, 0.2) is 0 Å². The number of halogens is 2. The molecule has 0 bridgehead atoms. The molecule has 0 unspecified atom stereocenters. The van der Waals surface area contributed by atoms with Gasteiger partial charge >= 0.3 is 0 Å². The van der Waals surface area contributed by atoms with E-state index in [-0.39, 0.29) is 5.69 Å². The van der Waals surface area contributed by atoms with Gasteiger partial charge in [0.05, 0.1) is 6.61 Å². The number of carbonyl (C=O) groups excluding carboxylic acids is 1. The number of hydrogen-bond donors (Lipinski definition) is 1. The third-order valence-corrected chi connectivity index (χ3v) is 2.75. The van der Waals surface area contributed by atoms with Crippen LogP contribution in [0.25, 0.3) is 6.08 Å². The van der Waals surface area contributed by atoms with Crippen molar-refractivity contribution in [3.8, 4) is 5.75 Å². The van der Waals surface area contributed by atoms with Crippen LogP contribution in [0.2, 0.25) is 0 Å². The molecule has 0 heterocycles. The van der Waals surface area contributed by atoms with Gasteiger partial charge in [-0.1, -0.05) is 12.1 Å². The lowest BCUT2D eigenvalue weighted by Gasteiger charge is -2.03. The molecule has 0 aliphatic heterocycles. The first-order valence-electron chi connectivity index (χ1n) is 6.75. The van der Waals surface area contributed by atoms with E-state index in [1.807, 2.05) is 6.92 Å². The van der Waals surface area contributed by atoms with Gasteiger partial charge in [-0.05, 0) is 42.8 Å². The Bertz CT molecular complexity index is 661. The minimum absolute atomic E-state index is 0.0684. The predicted octanol–water partition coefficient (Wildman–Crippen LogP) is 4.02. The van der Waals surface area contributed by atoms with E-state index < -0.39 is 17.5 Å². The van der Waals surface area contributed by atoms with Gasteiger partial charge in [-0.2, -0.15) is 0 Å². The maximum absolute atomic E-state index is 13.0. The minimum Gasteiger partial charge on any atom is -0.494 e. The zero-order valence-corrected chi connectivity index (χ0v) is 12.0. The van der Waals surface area contributed by atoms with Crippen molar-refractivity contribution in [1.82, 2.24) is 0 Å². The zero-order chi connectivity index (χ0) is 15.9. The summed E-state index contributed by atoms with van der Waals surface area (Å²) in [5.74, 6) is -1.21. The SMILES string of the molecule is CCOc1ccc(/C=C/C(=O)Nc2cc(F)cc(F)c2)cc1. The molecule has 2 rings (SSSR count). The molecule has 0 spiro atoms. The van der Waals surface area contributed by atoms with E-state index in [9.17, 15) is 13.6 Å². The summed E-state index contributed by atoms with van der Waals surface area (Å²) in [6.45, 7) is 2.48. The molecule has 0 saturated carbocycles. The van der Waals surface area contributed by atoms with Crippen molar-refractivity contribution in [2.24, 2.45) is 0 Å². The second-order valence-corrected chi connectivity index (χ2v) is 4.48. The van der Waals surface area contributed by atoms with Crippen LogP contribution in [0.4, 0.5) is 14.5 Å². The fourth-order valence-corrected chi connectivity index (χ4v) is 1.82. The lowest BCUT2D eigenvalue weighted by atomic mass is 10.2. The third-order valence-electron chi connectivity index (χ3n) is 2.75. The predicted molar refractivity (Wildman–Crippen MR) is 81.6 cm³/mol. The second kappa shape index (κ2) is 7.36. The van der Waals surface area contributed by atoms with Gasteiger partial charge in [0.25, 0.3) is 0 Å². The van der Waals surface area contributed by atoms with Crippen molar-refractivity contribution < 1.29 is 18.3 Å². The number of ether oxygens (including phenoxy) is 1. The van der Waals surface area contributed by atoms with E-state index in [1.165, 1.54) is 6.08 Å². The Morgan fingerprint density at radius 1 is 1.14 bits per heavy atom. The standard InChI is InChI=1S/C17H15F2NO2/c1-2-22-16-6-3-12(4-7-16)5-8-17(21)20-15-10-13(18)9-14(19)11-15/h3-11H,2H2,1H3,(H,20,21)/b8-5+. The zero-order valence-electron chi connectivity index (χ0n) is 12.0. The molecule has 0 radical (unpaired) electrons. The third kappa shape index (κ3) is 4.70. The molecule has 0 aliphatic carbocycles. The highest BCUT2D eigenvalue weighted by Gasteiger charge is 2.03. The molecule has 114 valence electrons. The van der Waals surface area contributed by atoms with Crippen LogP contribution in [0.1, 0.15) is 12.5 Å². The van der Waals surface area contributed by atoms with Crippen molar-refractivity contribution in [2.75, 3.05) is 11.9 Å². The summed E-state index contributed by atoms with van der Waals surface area (Å²) >= 11 is 0. The average molecular weight is 303 g/mol. The summed E-state index contributed by atoms with van der Waals surface area (Å²) in [4.78, 5) is 11.7. The van der Waals surface area contributed by atoms with Crippen molar-refractivity contribution >= 4 is 17.7 Å². The van der Waals surface area contributed by atoms with Gasteiger partial charge in [-0.3, -0.25) is 4.79 Å². The smallest absolute Gasteiger partial charge is 0.248 e. The topological polar surface area (TPSA) is 38.3 Å². The highest BCUT2D eigenvalue weighted by Crippen LogP contribution is 2.14. The molecule has 0 aromatic heterocycles. The van der Waals surface area contributed by atoms with Crippen LogP contribution in [-0.4, -0.2) is 12.5 Å². The van der Waals surface area contributed by atoms with Crippen molar-refractivity contribution in [3.63, 3.8) is 0 Å². The first-order valence-corrected chi connectivity index (χ1v) is 6.75. The van der Waals surface area contributed by atoms with Crippen molar-refractivity contribution in [2.45, 2.75) is 6.92 Å². The summed E-state index contributed by atoms with van der Waals surface area (Å²) in [6.07, 6.45) is 2.89. The number of amides is 1. The van der Waals surface area contributed by atoms with Crippen molar-refractivity contribution in [3.05, 3.63) is 65.7 Å². The molecular weight excluding hydrogens is 288 g/mol. The van der Waals surface area contributed by atoms with Crippen LogP contribution in [0, 0.1) is 11.6 Å². The normalized spacial score (nSPS) is 10.7. The van der Waals surface area contributed by atoms with Gasteiger partial charge in [0.2, 0.25) is 5.91 Å². The number of anilines is 1. The van der Waals surface area contributed by atoms with Gasteiger partial charge in [-0.15, -0.1) is 0 Å². The molecule has 3 nitrogen and oxygen atoms in total. The maximum Gasteiger partial charge on any atom is 0.248 e. The molecule has 0 saturated heterocycles. The Labute approximate surface area is 127 Å². The van der Waals surface area contributed by atoms with E-state index in [0.29, 0.717) is 6.61 Å². The van der Waals surface area contributed by atoms with E-state index in [2.05, 4.69) is 5.32 Å². The van der Waals surface area contributed by atoms with Crippen LogP contribution in [-0.2, 0) is 4.79 Å². The van der Waals surface area contributed by atoms with Crippen molar-refractivity contribution in [1.29, 1.82) is 0 Å².